The first kappa shape index (κ1) is 21.3. The molecule has 0 aliphatic carbocycles. The summed E-state index contributed by atoms with van der Waals surface area (Å²) in [5.41, 5.74) is 4.64. The van der Waals surface area contributed by atoms with Gasteiger partial charge in [0.1, 0.15) is 16.9 Å². The Morgan fingerprint density at radius 2 is 2.03 bits per heavy atom. The van der Waals surface area contributed by atoms with Crippen LogP contribution < -0.4 is 10.6 Å². The van der Waals surface area contributed by atoms with E-state index < -0.39 is 6.17 Å². The second-order valence-corrected chi connectivity index (χ2v) is 10.2. The molecule has 0 radical (unpaired) electrons. The van der Waals surface area contributed by atoms with Gasteiger partial charge in [0.25, 0.3) is 5.91 Å². The molecule has 0 unspecified atom stereocenters. The van der Waals surface area contributed by atoms with Crippen molar-refractivity contribution in [1.82, 2.24) is 10.2 Å². The molecule has 2 aliphatic rings. The summed E-state index contributed by atoms with van der Waals surface area (Å²) in [7, 11) is 0. The largest absolute Gasteiger partial charge is 0.508 e. The first-order valence-corrected chi connectivity index (χ1v) is 12.1. The Morgan fingerprint density at radius 3 is 2.81 bits per heavy atom. The molecule has 0 saturated heterocycles. The maximum atomic E-state index is 13.1. The van der Waals surface area contributed by atoms with Crippen LogP contribution in [0.2, 0.25) is 5.02 Å². The van der Waals surface area contributed by atoms with Gasteiger partial charge in [0, 0.05) is 34.6 Å². The van der Waals surface area contributed by atoms with Gasteiger partial charge in [-0.05, 0) is 61.6 Å². The number of carbonyl (C=O) groups excluding carboxylic acids is 1. The van der Waals surface area contributed by atoms with Gasteiger partial charge >= 0.3 is 0 Å². The lowest BCUT2D eigenvalue weighted by Gasteiger charge is -2.31. The maximum Gasteiger partial charge on any atom is 0.256 e. The fraction of sp³-hybridized carbons (Fsp3) is 0.320. The summed E-state index contributed by atoms with van der Waals surface area (Å²) in [5, 5.41) is 18.7. The number of hydrogen-bond donors (Lipinski definition) is 3. The average molecular weight is 468 g/mol. The molecule has 0 saturated carbocycles. The predicted octanol–water partition coefficient (Wildman–Crippen LogP) is 5.32. The number of carbonyl (C=O) groups is 1. The van der Waals surface area contributed by atoms with E-state index in [0.29, 0.717) is 18.0 Å². The number of rotatable bonds is 4. The summed E-state index contributed by atoms with van der Waals surface area (Å²) < 4.78 is 0. The molecule has 7 heteroatoms. The van der Waals surface area contributed by atoms with Crippen LogP contribution in [0.1, 0.15) is 57.5 Å². The topological polar surface area (TPSA) is 64.6 Å². The highest BCUT2D eigenvalue weighted by atomic mass is 35.5. The Hall–Kier alpha value is -2.54. The molecule has 3 heterocycles. The van der Waals surface area contributed by atoms with Gasteiger partial charge in [0.2, 0.25) is 0 Å². The molecule has 1 amide bonds. The van der Waals surface area contributed by atoms with Crippen molar-refractivity contribution in [1.29, 1.82) is 0 Å². The number of hydrogen-bond acceptors (Lipinski definition) is 5. The van der Waals surface area contributed by atoms with Gasteiger partial charge in [0.05, 0.1) is 5.56 Å². The zero-order chi connectivity index (χ0) is 22.4. The normalized spacial score (nSPS) is 18.1. The molecule has 0 bridgehead atoms. The molecule has 5 rings (SSSR count). The first-order valence-electron chi connectivity index (χ1n) is 10.9. The number of thiophene rings is 1. The lowest BCUT2D eigenvalue weighted by atomic mass is 9.98. The van der Waals surface area contributed by atoms with Gasteiger partial charge in [-0.15, -0.1) is 11.3 Å². The minimum absolute atomic E-state index is 0.0739. The van der Waals surface area contributed by atoms with Crippen molar-refractivity contribution in [3.63, 3.8) is 0 Å². The van der Waals surface area contributed by atoms with E-state index in [1.807, 2.05) is 36.4 Å². The molecule has 32 heavy (non-hydrogen) atoms. The third-order valence-corrected chi connectivity index (χ3v) is 7.87. The first-order chi connectivity index (χ1) is 15.4. The summed E-state index contributed by atoms with van der Waals surface area (Å²) in [6.45, 7) is 6.26. The van der Waals surface area contributed by atoms with E-state index in [4.69, 9.17) is 11.6 Å². The van der Waals surface area contributed by atoms with Crippen LogP contribution in [0.25, 0.3) is 0 Å². The van der Waals surface area contributed by atoms with E-state index in [0.717, 1.165) is 46.2 Å². The van der Waals surface area contributed by atoms with Gasteiger partial charge in [-0.1, -0.05) is 35.9 Å². The summed E-state index contributed by atoms with van der Waals surface area (Å²) in [4.78, 5) is 16.8. The van der Waals surface area contributed by atoms with Crippen molar-refractivity contribution in [2.45, 2.75) is 45.4 Å². The number of fused-ring (bicyclic) bond motifs is 3. The van der Waals surface area contributed by atoms with Gasteiger partial charge < -0.3 is 15.7 Å². The van der Waals surface area contributed by atoms with Crippen LogP contribution >= 0.6 is 22.9 Å². The SMILES string of the molecule is CC(C)N1CCc2c(sc3c2C(=O)N[C@H](c2cc(Cc4ccccc4Cl)ccc2O)N3)C1. The molecular weight excluding hydrogens is 442 g/mol. The minimum atomic E-state index is -0.484. The van der Waals surface area contributed by atoms with Gasteiger partial charge in [-0.3, -0.25) is 9.69 Å². The van der Waals surface area contributed by atoms with Crippen molar-refractivity contribution in [3.05, 3.63) is 80.2 Å². The third kappa shape index (κ3) is 3.87. The van der Waals surface area contributed by atoms with Crippen molar-refractivity contribution in [3.8, 4) is 5.75 Å². The van der Waals surface area contributed by atoms with Gasteiger partial charge in [-0.25, -0.2) is 0 Å². The number of amides is 1. The smallest absolute Gasteiger partial charge is 0.256 e. The number of halogens is 1. The highest BCUT2D eigenvalue weighted by Gasteiger charge is 2.34. The van der Waals surface area contributed by atoms with Crippen molar-refractivity contribution in [2.24, 2.45) is 0 Å². The van der Waals surface area contributed by atoms with E-state index in [2.05, 4.69) is 29.4 Å². The zero-order valence-electron chi connectivity index (χ0n) is 18.1. The molecule has 3 N–H and O–H groups in total. The average Bonchev–Trinajstić information content (AvgIpc) is 3.14. The van der Waals surface area contributed by atoms with Crippen LogP contribution in [0, 0.1) is 0 Å². The Labute approximate surface area is 197 Å². The number of phenolic OH excluding ortho intramolecular Hbond substituents is 1. The van der Waals surface area contributed by atoms with Crippen LogP contribution in [-0.2, 0) is 19.4 Å². The van der Waals surface area contributed by atoms with E-state index in [1.165, 1.54) is 10.4 Å². The highest BCUT2D eigenvalue weighted by molar-refractivity contribution is 7.16. The Bertz CT molecular complexity index is 1190. The predicted molar refractivity (Wildman–Crippen MR) is 130 cm³/mol. The van der Waals surface area contributed by atoms with Crippen LogP contribution in [-0.4, -0.2) is 28.5 Å². The third-order valence-electron chi connectivity index (χ3n) is 6.35. The molecule has 166 valence electrons. The number of anilines is 1. The second kappa shape index (κ2) is 8.43. The fourth-order valence-electron chi connectivity index (χ4n) is 4.54. The molecule has 0 fully saturated rings. The number of benzene rings is 2. The lowest BCUT2D eigenvalue weighted by Crippen LogP contribution is -2.39. The van der Waals surface area contributed by atoms with Gasteiger partial charge in [-0.2, -0.15) is 0 Å². The molecule has 5 nitrogen and oxygen atoms in total. The summed E-state index contributed by atoms with van der Waals surface area (Å²) >= 11 is 7.99. The van der Waals surface area contributed by atoms with E-state index in [1.54, 1.807) is 17.4 Å². The quantitative estimate of drug-likeness (QED) is 0.486. The number of aromatic hydroxyl groups is 1. The fourth-order valence-corrected chi connectivity index (χ4v) is 6.04. The lowest BCUT2D eigenvalue weighted by molar-refractivity contribution is 0.0934. The van der Waals surface area contributed by atoms with Gasteiger partial charge in [0.15, 0.2) is 0 Å². The molecule has 2 aliphatic heterocycles. The summed E-state index contributed by atoms with van der Waals surface area (Å²) in [5.74, 6) is 0.0802. The minimum Gasteiger partial charge on any atom is -0.508 e. The monoisotopic (exact) mass is 467 g/mol. The van der Waals surface area contributed by atoms with E-state index in [-0.39, 0.29) is 11.7 Å². The highest BCUT2D eigenvalue weighted by Crippen LogP contribution is 2.42. The van der Waals surface area contributed by atoms with Crippen LogP contribution in [0.3, 0.4) is 0 Å². The Kier molecular flexibility index (Phi) is 5.61. The van der Waals surface area contributed by atoms with Crippen molar-refractivity contribution < 1.29 is 9.90 Å². The Morgan fingerprint density at radius 1 is 1.22 bits per heavy atom. The molecule has 0 spiro atoms. The number of nitrogens with zero attached hydrogens (tertiary/aromatic N) is 1. The molecular formula is C25H26ClN3O2S. The van der Waals surface area contributed by atoms with E-state index in [9.17, 15) is 9.90 Å². The Balaban J connectivity index is 1.43. The maximum absolute atomic E-state index is 13.1. The molecule has 3 aromatic rings. The standard InChI is InChI=1S/C25H26ClN3O2S/c1-14(2)29-10-9-17-21(13-29)32-25-22(17)24(31)27-23(28-25)18-12-15(7-8-20(18)30)11-16-5-3-4-6-19(16)26/h3-8,12,14,23,28,30H,9-11,13H2,1-2H3,(H,27,31)/t23-/m0/s1. The zero-order valence-corrected chi connectivity index (χ0v) is 19.7. The number of phenols is 1. The van der Waals surface area contributed by atoms with Crippen LogP contribution in [0.15, 0.2) is 42.5 Å². The number of nitrogens with one attached hydrogen (secondary N) is 2. The molecule has 1 aromatic heterocycles. The molecule has 2 aromatic carbocycles. The summed E-state index contributed by atoms with van der Waals surface area (Å²) in [6.07, 6.45) is 1.05. The van der Waals surface area contributed by atoms with Crippen molar-refractivity contribution >= 4 is 33.8 Å². The van der Waals surface area contributed by atoms with E-state index >= 15 is 0 Å². The van der Waals surface area contributed by atoms with Crippen molar-refractivity contribution in [2.75, 3.05) is 11.9 Å². The van der Waals surface area contributed by atoms with Crippen LogP contribution in [0.5, 0.6) is 5.75 Å². The molecule has 1 atom stereocenters. The second-order valence-electron chi connectivity index (χ2n) is 8.73. The van der Waals surface area contributed by atoms with Crippen LogP contribution in [0.4, 0.5) is 5.00 Å². The summed E-state index contributed by atoms with van der Waals surface area (Å²) in [6, 6.07) is 13.7.